The van der Waals surface area contributed by atoms with E-state index in [9.17, 15) is 9.65 Å². The average molecular weight is 486 g/mol. The highest BCUT2D eigenvalue weighted by molar-refractivity contribution is 5.89. The van der Waals surface area contributed by atoms with Gasteiger partial charge in [0, 0.05) is 19.2 Å². The number of rotatable bonds is 7. The number of morpholine rings is 1. The van der Waals surface area contributed by atoms with Gasteiger partial charge in [0.1, 0.15) is 46.9 Å². The molecule has 0 atom stereocenters. The molecule has 0 radical (unpaired) electrons. The third kappa shape index (κ3) is 4.99. The minimum Gasteiger partial charge on any atom is -0.497 e. The summed E-state index contributed by atoms with van der Waals surface area (Å²) < 4.78 is 31.2. The van der Waals surface area contributed by atoms with Crippen molar-refractivity contribution in [1.29, 1.82) is 5.26 Å². The molecule has 2 heterocycles. The maximum atomic E-state index is 14.9. The number of hydrogen-bond acceptors (Lipinski definition) is 8. The summed E-state index contributed by atoms with van der Waals surface area (Å²) in [5.41, 5.74) is 2.97. The normalized spacial score (nSPS) is 13.3. The van der Waals surface area contributed by atoms with Crippen LogP contribution in [0.2, 0.25) is 0 Å². The average Bonchev–Trinajstić information content (AvgIpc) is 2.93. The summed E-state index contributed by atoms with van der Waals surface area (Å²) in [6, 6.07) is 17.7. The molecular formula is C27H24FN5O3. The van der Waals surface area contributed by atoms with Crippen molar-refractivity contribution in [2.45, 2.75) is 6.61 Å². The van der Waals surface area contributed by atoms with E-state index in [2.05, 4.69) is 21.3 Å². The SMILES string of the molecule is COc1ccc(COc2ccc(Nc3ccc4ncc(N5CCOCC5)nc4c3C#N)c(F)c2)cc1. The molecule has 0 saturated carbocycles. The van der Waals surface area contributed by atoms with Crippen LogP contribution in [-0.4, -0.2) is 43.4 Å². The van der Waals surface area contributed by atoms with E-state index in [0.717, 1.165) is 11.3 Å². The van der Waals surface area contributed by atoms with E-state index in [1.54, 1.807) is 37.6 Å². The zero-order valence-corrected chi connectivity index (χ0v) is 19.7. The van der Waals surface area contributed by atoms with E-state index in [4.69, 9.17) is 19.2 Å². The number of halogens is 1. The highest BCUT2D eigenvalue weighted by Gasteiger charge is 2.17. The smallest absolute Gasteiger partial charge is 0.150 e. The van der Waals surface area contributed by atoms with Crippen molar-refractivity contribution < 1.29 is 18.6 Å². The van der Waals surface area contributed by atoms with Gasteiger partial charge in [-0.3, -0.25) is 4.98 Å². The molecule has 0 unspecified atom stereocenters. The van der Waals surface area contributed by atoms with Crippen LogP contribution < -0.4 is 19.7 Å². The van der Waals surface area contributed by atoms with Gasteiger partial charge in [-0.2, -0.15) is 5.26 Å². The van der Waals surface area contributed by atoms with Gasteiger partial charge in [-0.05, 0) is 42.0 Å². The second kappa shape index (κ2) is 10.5. The minimum absolute atomic E-state index is 0.222. The van der Waals surface area contributed by atoms with Crippen LogP contribution >= 0.6 is 0 Å². The number of hydrogen-bond donors (Lipinski definition) is 1. The van der Waals surface area contributed by atoms with E-state index in [1.165, 1.54) is 6.07 Å². The van der Waals surface area contributed by atoms with Crippen molar-refractivity contribution in [3.63, 3.8) is 0 Å². The van der Waals surface area contributed by atoms with Crippen LogP contribution in [0, 0.1) is 17.1 Å². The lowest BCUT2D eigenvalue weighted by Gasteiger charge is -2.27. The highest BCUT2D eigenvalue weighted by atomic mass is 19.1. The lowest BCUT2D eigenvalue weighted by Crippen LogP contribution is -2.36. The van der Waals surface area contributed by atoms with Crippen molar-refractivity contribution in [2.24, 2.45) is 0 Å². The molecule has 0 bridgehead atoms. The van der Waals surface area contributed by atoms with Gasteiger partial charge in [0.25, 0.3) is 0 Å². The molecule has 0 aliphatic carbocycles. The molecule has 5 rings (SSSR count). The fraction of sp³-hybridized carbons (Fsp3) is 0.222. The van der Waals surface area contributed by atoms with Crippen LogP contribution in [0.15, 0.2) is 60.8 Å². The van der Waals surface area contributed by atoms with Crippen LogP contribution in [0.5, 0.6) is 11.5 Å². The Hall–Kier alpha value is -4.42. The summed E-state index contributed by atoms with van der Waals surface area (Å²) in [5.74, 6) is 1.34. The van der Waals surface area contributed by atoms with Crippen molar-refractivity contribution in [1.82, 2.24) is 9.97 Å². The Labute approximate surface area is 207 Å². The Kier molecular flexibility index (Phi) is 6.78. The first-order valence-electron chi connectivity index (χ1n) is 11.5. The molecule has 36 heavy (non-hydrogen) atoms. The predicted octanol–water partition coefficient (Wildman–Crippen LogP) is 4.81. The Bertz CT molecular complexity index is 1420. The summed E-state index contributed by atoms with van der Waals surface area (Å²) in [6.07, 6.45) is 1.70. The quantitative estimate of drug-likeness (QED) is 0.399. The largest absolute Gasteiger partial charge is 0.497 e. The molecule has 1 saturated heterocycles. The molecule has 0 spiro atoms. The van der Waals surface area contributed by atoms with E-state index < -0.39 is 5.82 Å². The molecule has 8 nitrogen and oxygen atoms in total. The Balaban J connectivity index is 1.35. The summed E-state index contributed by atoms with van der Waals surface area (Å²) >= 11 is 0. The van der Waals surface area contributed by atoms with Gasteiger partial charge in [-0.1, -0.05) is 12.1 Å². The maximum absolute atomic E-state index is 14.9. The molecule has 1 aliphatic rings. The molecule has 4 aromatic rings. The lowest BCUT2D eigenvalue weighted by atomic mass is 10.1. The number of anilines is 3. The van der Waals surface area contributed by atoms with Crippen LogP contribution in [0.25, 0.3) is 11.0 Å². The third-order valence-corrected chi connectivity index (χ3v) is 5.92. The zero-order valence-electron chi connectivity index (χ0n) is 19.7. The van der Waals surface area contributed by atoms with Crippen molar-refractivity contribution in [2.75, 3.05) is 43.6 Å². The fourth-order valence-electron chi connectivity index (χ4n) is 3.95. The minimum atomic E-state index is -0.501. The predicted molar refractivity (Wildman–Crippen MR) is 134 cm³/mol. The summed E-state index contributed by atoms with van der Waals surface area (Å²) in [5, 5.41) is 12.9. The van der Waals surface area contributed by atoms with E-state index in [1.807, 2.05) is 24.3 Å². The molecule has 0 amide bonds. The molecule has 1 aliphatic heterocycles. The molecule has 1 aromatic heterocycles. The first kappa shape index (κ1) is 23.3. The number of ether oxygens (including phenoxy) is 3. The number of nitrogens with one attached hydrogen (secondary N) is 1. The molecule has 182 valence electrons. The van der Waals surface area contributed by atoms with Crippen molar-refractivity contribution >= 4 is 28.2 Å². The van der Waals surface area contributed by atoms with Gasteiger partial charge < -0.3 is 24.4 Å². The molecule has 9 heteroatoms. The number of methoxy groups -OCH3 is 1. The topological polar surface area (TPSA) is 92.5 Å². The van der Waals surface area contributed by atoms with Gasteiger partial charge >= 0.3 is 0 Å². The van der Waals surface area contributed by atoms with Crippen LogP contribution in [0.1, 0.15) is 11.1 Å². The molecule has 1 fully saturated rings. The van der Waals surface area contributed by atoms with Gasteiger partial charge in [0.05, 0.1) is 43.4 Å². The second-order valence-electron chi connectivity index (χ2n) is 8.20. The summed E-state index contributed by atoms with van der Waals surface area (Å²) in [6.45, 7) is 2.94. The van der Waals surface area contributed by atoms with E-state index >= 15 is 0 Å². The second-order valence-corrected chi connectivity index (χ2v) is 8.20. The number of aromatic nitrogens is 2. The van der Waals surface area contributed by atoms with Gasteiger partial charge in [0.15, 0.2) is 0 Å². The van der Waals surface area contributed by atoms with Crippen LogP contribution in [-0.2, 0) is 11.3 Å². The fourth-order valence-corrected chi connectivity index (χ4v) is 3.95. The van der Waals surface area contributed by atoms with Gasteiger partial charge in [0.2, 0.25) is 0 Å². The zero-order chi connectivity index (χ0) is 24.9. The van der Waals surface area contributed by atoms with Crippen LogP contribution in [0.3, 0.4) is 0 Å². The van der Waals surface area contributed by atoms with Gasteiger partial charge in [-0.25, -0.2) is 9.37 Å². The highest BCUT2D eigenvalue weighted by Crippen LogP contribution is 2.30. The number of nitrogens with zero attached hydrogens (tertiary/aromatic N) is 4. The van der Waals surface area contributed by atoms with Crippen molar-refractivity contribution in [3.8, 4) is 17.6 Å². The van der Waals surface area contributed by atoms with E-state index in [0.29, 0.717) is 66.8 Å². The first-order chi connectivity index (χ1) is 17.6. The Morgan fingerprint density at radius 1 is 1.06 bits per heavy atom. The maximum Gasteiger partial charge on any atom is 0.150 e. The molecule has 1 N–H and O–H groups in total. The van der Waals surface area contributed by atoms with Gasteiger partial charge in [-0.15, -0.1) is 0 Å². The van der Waals surface area contributed by atoms with E-state index in [-0.39, 0.29) is 5.69 Å². The Morgan fingerprint density at radius 2 is 1.81 bits per heavy atom. The van der Waals surface area contributed by atoms with Crippen LogP contribution in [0.4, 0.5) is 21.6 Å². The standard InChI is InChI=1S/C27H24FN5O3/c1-34-19-4-2-18(3-5-19)17-36-20-6-7-24(22(28)14-20)31-23-8-9-25-27(21(23)15-29)32-26(16-30-25)33-10-12-35-13-11-33/h2-9,14,16,31H,10-13,17H2,1H3. The lowest BCUT2D eigenvalue weighted by molar-refractivity contribution is 0.122. The number of benzene rings is 3. The number of nitriles is 1. The molecular weight excluding hydrogens is 461 g/mol. The van der Waals surface area contributed by atoms with Crippen molar-refractivity contribution in [3.05, 3.63) is 77.7 Å². The Morgan fingerprint density at radius 3 is 2.53 bits per heavy atom. The summed E-state index contributed by atoms with van der Waals surface area (Å²) in [7, 11) is 1.61. The summed E-state index contributed by atoms with van der Waals surface area (Å²) in [4.78, 5) is 11.2. The monoisotopic (exact) mass is 485 g/mol. The molecule has 3 aromatic carbocycles. The third-order valence-electron chi connectivity index (χ3n) is 5.92. The number of fused-ring (bicyclic) bond motifs is 1. The first-order valence-corrected chi connectivity index (χ1v) is 11.5.